The maximum absolute atomic E-state index is 11.6. The lowest BCUT2D eigenvalue weighted by molar-refractivity contribution is -0.139. The first-order valence-electron chi connectivity index (χ1n) is 5.00. The molecule has 3 nitrogen and oxygen atoms in total. The van der Waals surface area contributed by atoms with Gasteiger partial charge in [-0.15, -0.1) is 11.6 Å². The Kier molecular flexibility index (Phi) is 3.93. The first-order valence-corrected chi connectivity index (χ1v) is 5.54. The van der Waals surface area contributed by atoms with Crippen LogP contribution in [0.1, 0.15) is 26.7 Å². The summed E-state index contributed by atoms with van der Waals surface area (Å²) >= 11 is 5.53. The van der Waals surface area contributed by atoms with Crippen molar-refractivity contribution in [1.82, 2.24) is 4.90 Å². The van der Waals surface area contributed by atoms with Gasteiger partial charge in [0.25, 0.3) is 0 Å². The van der Waals surface area contributed by atoms with Crippen LogP contribution in [0.3, 0.4) is 0 Å². The number of imide groups is 1. The molecule has 1 fully saturated rings. The number of unbranched alkanes of at least 4 members (excludes halogenated alkanes) is 1. The molecule has 0 N–H and O–H groups in total. The highest BCUT2D eigenvalue weighted by Gasteiger charge is 2.41. The molecule has 0 aromatic carbocycles. The van der Waals surface area contributed by atoms with Gasteiger partial charge in [0, 0.05) is 24.3 Å². The van der Waals surface area contributed by atoms with E-state index in [1.807, 2.05) is 13.8 Å². The van der Waals surface area contributed by atoms with Gasteiger partial charge >= 0.3 is 0 Å². The fraction of sp³-hybridized carbons (Fsp3) is 0.800. The van der Waals surface area contributed by atoms with Gasteiger partial charge in [0.2, 0.25) is 11.8 Å². The van der Waals surface area contributed by atoms with Gasteiger partial charge in [-0.2, -0.15) is 0 Å². The van der Waals surface area contributed by atoms with Crippen molar-refractivity contribution >= 4 is 23.4 Å². The van der Waals surface area contributed by atoms with Crippen LogP contribution in [0.15, 0.2) is 0 Å². The summed E-state index contributed by atoms with van der Waals surface area (Å²) in [5, 5.41) is 0. The maximum atomic E-state index is 11.6. The Morgan fingerprint density at radius 1 is 1.14 bits per heavy atom. The average molecular weight is 218 g/mol. The molecule has 1 heterocycles. The molecular weight excluding hydrogens is 202 g/mol. The van der Waals surface area contributed by atoms with Gasteiger partial charge in [0.1, 0.15) is 0 Å². The summed E-state index contributed by atoms with van der Waals surface area (Å²) in [6.07, 6.45) is 1.65. The summed E-state index contributed by atoms with van der Waals surface area (Å²) in [4.78, 5) is 24.6. The highest BCUT2D eigenvalue weighted by molar-refractivity contribution is 6.17. The predicted octanol–water partition coefficient (Wildman–Crippen LogP) is 1.65. The Morgan fingerprint density at radius 2 is 1.64 bits per heavy atom. The van der Waals surface area contributed by atoms with Crippen LogP contribution in [0.4, 0.5) is 0 Å². The molecule has 0 saturated carbocycles. The standard InChI is InChI=1S/C10H16ClNO2/c1-7-8(2)10(14)12(9(7)13)6-4-3-5-11/h7-8H,3-6H2,1-2H3. The van der Waals surface area contributed by atoms with Crippen molar-refractivity contribution in [3.63, 3.8) is 0 Å². The van der Waals surface area contributed by atoms with Crippen LogP contribution in [-0.2, 0) is 9.59 Å². The summed E-state index contributed by atoms with van der Waals surface area (Å²) in [7, 11) is 0. The molecule has 0 aromatic rings. The van der Waals surface area contributed by atoms with E-state index in [1.165, 1.54) is 4.90 Å². The van der Waals surface area contributed by atoms with Crippen LogP contribution in [0.25, 0.3) is 0 Å². The zero-order valence-corrected chi connectivity index (χ0v) is 9.38. The topological polar surface area (TPSA) is 37.4 Å². The van der Waals surface area contributed by atoms with E-state index in [2.05, 4.69) is 0 Å². The number of likely N-dealkylation sites (tertiary alicyclic amines) is 1. The number of rotatable bonds is 4. The van der Waals surface area contributed by atoms with Crippen molar-refractivity contribution in [2.75, 3.05) is 12.4 Å². The first-order chi connectivity index (χ1) is 6.59. The Bertz CT molecular complexity index is 222. The summed E-state index contributed by atoms with van der Waals surface area (Å²) in [5.74, 6) is 0.215. The highest BCUT2D eigenvalue weighted by Crippen LogP contribution is 2.25. The average Bonchev–Trinajstić information content (AvgIpc) is 2.35. The van der Waals surface area contributed by atoms with Gasteiger partial charge in [0.05, 0.1) is 0 Å². The third-order valence-electron chi connectivity index (χ3n) is 2.83. The molecule has 2 amide bonds. The minimum absolute atomic E-state index is 0.0305. The van der Waals surface area contributed by atoms with E-state index in [0.717, 1.165) is 12.8 Å². The van der Waals surface area contributed by atoms with Crippen molar-refractivity contribution in [3.05, 3.63) is 0 Å². The van der Waals surface area contributed by atoms with Gasteiger partial charge in [0.15, 0.2) is 0 Å². The predicted molar refractivity (Wildman–Crippen MR) is 55.0 cm³/mol. The lowest BCUT2D eigenvalue weighted by Gasteiger charge is -2.13. The number of hydrogen-bond acceptors (Lipinski definition) is 2. The van der Waals surface area contributed by atoms with Crippen molar-refractivity contribution in [3.8, 4) is 0 Å². The minimum Gasteiger partial charge on any atom is -0.282 e. The molecule has 4 heteroatoms. The van der Waals surface area contributed by atoms with Crippen LogP contribution in [0, 0.1) is 11.8 Å². The Hall–Kier alpha value is -0.570. The summed E-state index contributed by atoms with van der Waals surface area (Å²) in [6.45, 7) is 4.15. The van der Waals surface area contributed by atoms with E-state index in [1.54, 1.807) is 0 Å². The van der Waals surface area contributed by atoms with E-state index in [-0.39, 0.29) is 23.7 Å². The molecular formula is C10H16ClNO2. The van der Waals surface area contributed by atoms with Crippen LogP contribution in [0.5, 0.6) is 0 Å². The van der Waals surface area contributed by atoms with Crippen LogP contribution >= 0.6 is 11.6 Å². The molecule has 2 atom stereocenters. The third kappa shape index (κ3) is 2.08. The van der Waals surface area contributed by atoms with E-state index in [0.29, 0.717) is 12.4 Å². The van der Waals surface area contributed by atoms with E-state index < -0.39 is 0 Å². The molecule has 0 radical (unpaired) electrons. The highest BCUT2D eigenvalue weighted by atomic mass is 35.5. The molecule has 14 heavy (non-hydrogen) atoms. The second-order valence-electron chi connectivity index (χ2n) is 3.80. The zero-order valence-electron chi connectivity index (χ0n) is 8.62. The van der Waals surface area contributed by atoms with Gasteiger partial charge in [-0.3, -0.25) is 14.5 Å². The normalized spacial score (nSPS) is 27.5. The molecule has 0 bridgehead atoms. The number of carbonyl (C=O) groups is 2. The zero-order chi connectivity index (χ0) is 10.7. The molecule has 0 aliphatic carbocycles. The minimum atomic E-state index is -0.154. The first kappa shape index (κ1) is 11.5. The van der Waals surface area contributed by atoms with Crippen molar-refractivity contribution in [2.45, 2.75) is 26.7 Å². The summed E-state index contributed by atoms with van der Waals surface area (Å²) in [5.41, 5.74) is 0. The van der Waals surface area contributed by atoms with Crippen molar-refractivity contribution in [2.24, 2.45) is 11.8 Å². The number of amides is 2. The lowest BCUT2D eigenvalue weighted by Crippen LogP contribution is -2.31. The largest absolute Gasteiger partial charge is 0.282 e. The fourth-order valence-electron chi connectivity index (χ4n) is 1.61. The molecule has 2 unspecified atom stereocenters. The number of hydrogen-bond donors (Lipinski definition) is 0. The number of halogens is 1. The molecule has 1 aliphatic rings. The second-order valence-corrected chi connectivity index (χ2v) is 4.18. The van der Waals surface area contributed by atoms with Crippen LogP contribution in [-0.4, -0.2) is 29.1 Å². The van der Waals surface area contributed by atoms with Gasteiger partial charge in [-0.25, -0.2) is 0 Å². The van der Waals surface area contributed by atoms with Gasteiger partial charge in [-0.1, -0.05) is 13.8 Å². The lowest BCUT2D eigenvalue weighted by atomic mass is 10.00. The summed E-state index contributed by atoms with van der Waals surface area (Å²) < 4.78 is 0. The van der Waals surface area contributed by atoms with Crippen LogP contribution in [0.2, 0.25) is 0 Å². The SMILES string of the molecule is CC1C(=O)N(CCCCCl)C(=O)C1C. The molecule has 1 rings (SSSR count). The molecule has 1 saturated heterocycles. The number of nitrogens with zero attached hydrogens (tertiary/aromatic N) is 1. The summed E-state index contributed by atoms with van der Waals surface area (Å²) in [6, 6.07) is 0. The van der Waals surface area contributed by atoms with Crippen molar-refractivity contribution in [1.29, 1.82) is 0 Å². The smallest absolute Gasteiger partial charge is 0.232 e. The monoisotopic (exact) mass is 217 g/mol. The Balaban J connectivity index is 2.52. The molecule has 80 valence electrons. The van der Waals surface area contributed by atoms with Crippen LogP contribution < -0.4 is 0 Å². The Labute approximate surface area is 89.4 Å². The Morgan fingerprint density at radius 3 is 2.07 bits per heavy atom. The van der Waals surface area contributed by atoms with Crippen molar-refractivity contribution < 1.29 is 9.59 Å². The molecule has 0 aromatic heterocycles. The van der Waals surface area contributed by atoms with E-state index in [9.17, 15) is 9.59 Å². The number of carbonyl (C=O) groups excluding carboxylic acids is 2. The van der Waals surface area contributed by atoms with Gasteiger partial charge in [-0.05, 0) is 12.8 Å². The van der Waals surface area contributed by atoms with E-state index >= 15 is 0 Å². The fourth-order valence-corrected chi connectivity index (χ4v) is 1.80. The maximum Gasteiger partial charge on any atom is 0.232 e. The quantitative estimate of drug-likeness (QED) is 0.408. The van der Waals surface area contributed by atoms with Gasteiger partial charge < -0.3 is 0 Å². The molecule has 0 spiro atoms. The van der Waals surface area contributed by atoms with E-state index in [4.69, 9.17) is 11.6 Å². The number of alkyl halides is 1. The third-order valence-corrected chi connectivity index (χ3v) is 3.09. The molecule has 1 aliphatic heterocycles. The second kappa shape index (κ2) is 4.78.